The molecule has 19 heavy (non-hydrogen) atoms. The van der Waals surface area contributed by atoms with Crippen LogP contribution in [0.25, 0.3) is 0 Å². The SMILES string of the molecule is C[C@H](N)c1ccc(OCC(O)CC2CCCC2)cc1. The van der Waals surface area contributed by atoms with Crippen LogP contribution in [0.15, 0.2) is 24.3 Å². The van der Waals surface area contributed by atoms with Gasteiger partial charge in [0.25, 0.3) is 0 Å². The van der Waals surface area contributed by atoms with Crippen LogP contribution >= 0.6 is 0 Å². The van der Waals surface area contributed by atoms with E-state index >= 15 is 0 Å². The largest absolute Gasteiger partial charge is 0.491 e. The van der Waals surface area contributed by atoms with Gasteiger partial charge in [-0.15, -0.1) is 0 Å². The number of rotatable bonds is 6. The van der Waals surface area contributed by atoms with Gasteiger partial charge in [0.2, 0.25) is 0 Å². The summed E-state index contributed by atoms with van der Waals surface area (Å²) in [6, 6.07) is 7.83. The van der Waals surface area contributed by atoms with E-state index in [1.165, 1.54) is 25.7 Å². The van der Waals surface area contributed by atoms with Crippen molar-refractivity contribution in [1.82, 2.24) is 0 Å². The number of benzene rings is 1. The number of aliphatic hydroxyl groups excluding tert-OH is 1. The predicted octanol–water partition coefficient (Wildman–Crippen LogP) is 3.03. The third-order valence-electron chi connectivity index (χ3n) is 3.93. The Bertz CT molecular complexity index is 369. The maximum Gasteiger partial charge on any atom is 0.119 e. The standard InChI is InChI=1S/C16H25NO2/c1-12(17)14-6-8-16(9-7-14)19-11-15(18)10-13-4-2-3-5-13/h6-9,12-13,15,18H,2-5,10-11,17H2,1H3/t12-,15?/m0/s1. The number of nitrogens with two attached hydrogens (primary N) is 1. The van der Waals surface area contributed by atoms with Crippen molar-refractivity contribution in [2.24, 2.45) is 11.7 Å². The van der Waals surface area contributed by atoms with Gasteiger partial charge in [-0.2, -0.15) is 0 Å². The predicted molar refractivity (Wildman–Crippen MR) is 77.1 cm³/mol. The molecule has 1 saturated carbocycles. The number of hydrogen-bond donors (Lipinski definition) is 2. The van der Waals surface area contributed by atoms with Crippen LogP contribution in [0.2, 0.25) is 0 Å². The molecule has 106 valence electrons. The minimum Gasteiger partial charge on any atom is -0.491 e. The molecule has 1 aliphatic carbocycles. The molecule has 1 fully saturated rings. The molecular formula is C16H25NO2. The normalized spacial score (nSPS) is 19.3. The molecule has 3 N–H and O–H groups in total. The van der Waals surface area contributed by atoms with Crippen molar-refractivity contribution >= 4 is 0 Å². The molecule has 3 heteroatoms. The minimum absolute atomic E-state index is 0.0435. The van der Waals surface area contributed by atoms with Gasteiger partial charge < -0.3 is 15.6 Å². The molecule has 0 amide bonds. The molecule has 3 nitrogen and oxygen atoms in total. The lowest BCUT2D eigenvalue weighted by atomic mass is 10.0. The maximum absolute atomic E-state index is 9.97. The van der Waals surface area contributed by atoms with E-state index in [-0.39, 0.29) is 12.1 Å². The zero-order valence-electron chi connectivity index (χ0n) is 11.7. The molecule has 1 aliphatic rings. The Morgan fingerprint density at radius 2 is 1.89 bits per heavy atom. The van der Waals surface area contributed by atoms with Gasteiger partial charge in [0.15, 0.2) is 0 Å². The first-order valence-corrected chi connectivity index (χ1v) is 7.31. The van der Waals surface area contributed by atoms with Crippen LogP contribution in [0.3, 0.4) is 0 Å². The van der Waals surface area contributed by atoms with E-state index in [2.05, 4.69) is 0 Å². The summed E-state index contributed by atoms with van der Waals surface area (Å²) in [5, 5.41) is 9.97. The third-order valence-corrected chi connectivity index (χ3v) is 3.93. The molecular weight excluding hydrogens is 238 g/mol. The van der Waals surface area contributed by atoms with Gasteiger partial charge in [0, 0.05) is 6.04 Å². The Kier molecular flexibility index (Phi) is 5.23. The molecule has 0 saturated heterocycles. The second-order valence-electron chi connectivity index (χ2n) is 5.71. The van der Waals surface area contributed by atoms with Crippen LogP contribution in [0.5, 0.6) is 5.75 Å². The highest BCUT2D eigenvalue weighted by Crippen LogP contribution is 2.28. The molecule has 0 bridgehead atoms. The van der Waals surface area contributed by atoms with Crippen molar-refractivity contribution in [2.45, 2.75) is 51.2 Å². The van der Waals surface area contributed by atoms with Crippen molar-refractivity contribution < 1.29 is 9.84 Å². The van der Waals surface area contributed by atoms with E-state index in [1.807, 2.05) is 31.2 Å². The van der Waals surface area contributed by atoms with Crippen LogP contribution in [0.4, 0.5) is 0 Å². The van der Waals surface area contributed by atoms with Gasteiger partial charge in [0.05, 0.1) is 6.10 Å². The van der Waals surface area contributed by atoms with Crippen LogP contribution in [-0.4, -0.2) is 17.8 Å². The first-order valence-electron chi connectivity index (χ1n) is 7.31. The summed E-state index contributed by atoms with van der Waals surface area (Å²) < 4.78 is 5.62. The second kappa shape index (κ2) is 6.92. The third kappa shape index (κ3) is 4.51. The second-order valence-corrected chi connectivity index (χ2v) is 5.71. The maximum atomic E-state index is 9.97. The van der Waals surface area contributed by atoms with Crippen LogP contribution in [0.1, 0.15) is 50.6 Å². The van der Waals surface area contributed by atoms with Gasteiger partial charge in [0.1, 0.15) is 12.4 Å². The van der Waals surface area contributed by atoms with Crippen molar-refractivity contribution in [3.05, 3.63) is 29.8 Å². The van der Waals surface area contributed by atoms with E-state index in [9.17, 15) is 5.11 Å². The molecule has 0 aliphatic heterocycles. The highest BCUT2D eigenvalue weighted by Gasteiger charge is 2.19. The van der Waals surface area contributed by atoms with Crippen molar-refractivity contribution in [3.8, 4) is 5.75 Å². The fourth-order valence-corrected chi connectivity index (χ4v) is 2.76. The van der Waals surface area contributed by atoms with E-state index < -0.39 is 0 Å². The number of hydrogen-bond acceptors (Lipinski definition) is 3. The Labute approximate surface area is 115 Å². The lowest BCUT2D eigenvalue weighted by molar-refractivity contribution is 0.0855. The van der Waals surface area contributed by atoms with Crippen molar-refractivity contribution in [2.75, 3.05) is 6.61 Å². The smallest absolute Gasteiger partial charge is 0.119 e. The number of ether oxygens (including phenoxy) is 1. The Morgan fingerprint density at radius 1 is 1.26 bits per heavy atom. The van der Waals surface area contributed by atoms with Crippen LogP contribution in [-0.2, 0) is 0 Å². The Balaban J connectivity index is 1.74. The summed E-state index contributed by atoms with van der Waals surface area (Å²) in [6.45, 7) is 2.34. The fraction of sp³-hybridized carbons (Fsp3) is 0.625. The van der Waals surface area contributed by atoms with E-state index in [0.29, 0.717) is 12.5 Å². The van der Waals surface area contributed by atoms with Gasteiger partial charge in [-0.1, -0.05) is 37.8 Å². The fourth-order valence-electron chi connectivity index (χ4n) is 2.76. The Morgan fingerprint density at radius 3 is 2.47 bits per heavy atom. The minimum atomic E-state index is -0.351. The first kappa shape index (κ1) is 14.4. The van der Waals surface area contributed by atoms with E-state index in [0.717, 1.165) is 17.7 Å². The zero-order valence-corrected chi connectivity index (χ0v) is 11.7. The molecule has 0 aromatic heterocycles. The van der Waals surface area contributed by atoms with E-state index in [4.69, 9.17) is 10.5 Å². The molecule has 1 unspecified atom stereocenters. The van der Waals surface area contributed by atoms with Crippen molar-refractivity contribution in [3.63, 3.8) is 0 Å². The lowest BCUT2D eigenvalue weighted by Crippen LogP contribution is -2.20. The summed E-state index contributed by atoms with van der Waals surface area (Å²) in [7, 11) is 0. The van der Waals surface area contributed by atoms with Gasteiger partial charge in [-0.3, -0.25) is 0 Å². The van der Waals surface area contributed by atoms with Gasteiger partial charge in [-0.25, -0.2) is 0 Å². The molecule has 0 heterocycles. The summed E-state index contributed by atoms with van der Waals surface area (Å²) in [4.78, 5) is 0. The van der Waals surface area contributed by atoms with E-state index in [1.54, 1.807) is 0 Å². The van der Waals surface area contributed by atoms with Gasteiger partial charge >= 0.3 is 0 Å². The molecule has 1 aromatic carbocycles. The van der Waals surface area contributed by atoms with Gasteiger partial charge in [-0.05, 0) is 37.0 Å². The average molecular weight is 263 g/mol. The highest BCUT2D eigenvalue weighted by molar-refractivity contribution is 5.28. The summed E-state index contributed by atoms with van der Waals surface area (Å²) in [5.74, 6) is 1.49. The van der Waals surface area contributed by atoms with Crippen molar-refractivity contribution in [1.29, 1.82) is 0 Å². The number of aliphatic hydroxyl groups is 1. The summed E-state index contributed by atoms with van der Waals surface area (Å²) in [6.07, 6.45) is 5.68. The average Bonchev–Trinajstić information content (AvgIpc) is 2.89. The molecule has 0 spiro atoms. The topological polar surface area (TPSA) is 55.5 Å². The summed E-state index contributed by atoms with van der Waals surface area (Å²) in [5.41, 5.74) is 6.89. The zero-order chi connectivity index (χ0) is 13.7. The lowest BCUT2D eigenvalue weighted by Gasteiger charge is -2.16. The molecule has 2 rings (SSSR count). The molecule has 1 aromatic rings. The molecule has 2 atom stereocenters. The monoisotopic (exact) mass is 263 g/mol. The quantitative estimate of drug-likeness (QED) is 0.829. The Hall–Kier alpha value is -1.06. The molecule has 0 radical (unpaired) electrons. The highest BCUT2D eigenvalue weighted by atomic mass is 16.5. The summed E-state index contributed by atoms with van der Waals surface area (Å²) >= 11 is 0. The van der Waals surface area contributed by atoms with Crippen LogP contribution in [0, 0.1) is 5.92 Å². The van der Waals surface area contributed by atoms with Crippen LogP contribution < -0.4 is 10.5 Å². The first-order chi connectivity index (χ1) is 9.15.